The molecule has 6 nitrogen and oxygen atoms in total. The number of halogens is 2. The van der Waals surface area contributed by atoms with Gasteiger partial charge in [-0.25, -0.2) is 24.9 Å². The first-order chi connectivity index (χ1) is 11.6. The minimum atomic E-state index is 0. The lowest BCUT2D eigenvalue weighted by Gasteiger charge is -2.06. The van der Waals surface area contributed by atoms with Gasteiger partial charge in [-0.3, -0.25) is 0 Å². The number of aromatic nitrogens is 5. The Labute approximate surface area is 159 Å². The number of hydrogen-bond donors (Lipinski definition) is 1. The molecule has 0 aliphatic rings. The van der Waals surface area contributed by atoms with Gasteiger partial charge in [-0.1, -0.05) is 11.6 Å². The molecule has 9 heteroatoms. The first kappa shape index (κ1) is 17.7. The highest BCUT2D eigenvalue weighted by atomic mass is 35.5. The van der Waals surface area contributed by atoms with Gasteiger partial charge in [0.1, 0.15) is 22.8 Å². The molecule has 0 saturated heterocycles. The van der Waals surface area contributed by atoms with Crippen LogP contribution in [-0.2, 0) is 6.54 Å². The van der Waals surface area contributed by atoms with E-state index in [1.54, 1.807) is 23.9 Å². The average Bonchev–Trinajstić information content (AvgIpc) is 2.97. The Bertz CT molecular complexity index is 1050. The maximum Gasteiger partial charge on any atom is 0.147 e. The summed E-state index contributed by atoms with van der Waals surface area (Å²) in [5.74, 6) is 1.53. The summed E-state index contributed by atoms with van der Waals surface area (Å²) >= 11 is 7.77. The van der Waals surface area contributed by atoms with E-state index >= 15 is 0 Å². The molecule has 0 bridgehead atoms. The summed E-state index contributed by atoms with van der Waals surface area (Å²) in [5, 5.41) is 4.97. The zero-order valence-electron chi connectivity index (χ0n) is 13.4. The minimum Gasteiger partial charge on any atom is -0.365 e. The Hall–Kier alpha value is -2.09. The third kappa shape index (κ3) is 3.22. The SMILES string of the molecule is Cc1ncc(CNc2ncnc3c2sc2ncc(Cl)c(C)c23)cn1.Cl. The number of pyridine rings is 1. The van der Waals surface area contributed by atoms with Crippen LogP contribution in [0.2, 0.25) is 5.02 Å². The second-order valence-electron chi connectivity index (χ2n) is 5.41. The van der Waals surface area contributed by atoms with Gasteiger partial charge in [-0.2, -0.15) is 0 Å². The van der Waals surface area contributed by atoms with Crippen LogP contribution in [0, 0.1) is 13.8 Å². The van der Waals surface area contributed by atoms with Gasteiger partial charge >= 0.3 is 0 Å². The predicted octanol–water partition coefficient (Wildman–Crippen LogP) is 4.33. The van der Waals surface area contributed by atoms with Gasteiger partial charge in [0.25, 0.3) is 0 Å². The summed E-state index contributed by atoms with van der Waals surface area (Å²) in [6, 6.07) is 0. The van der Waals surface area contributed by atoms with Crippen LogP contribution >= 0.6 is 35.3 Å². The Kier molecular flexibility index (Phi) is 4.99. The van der Waals surface area contributed by atoms with E-state index in [0.29, 0.717) is 11.6 Å². The second-order valence-corrected chi connectivity index (χ2v) is 6.81. The van der Waals surface area contributed by atoms with Gasteiger partial charge in [-0.05, 0) is 19.4 Å². The molecule has 0 aliphatic carbocycles. The zero-order valence-corrected chi connectivity index (χ0v) is 15.8. The molecular formula is C16H14Cl2N6S. The highest BCUT2D eigenvalue weighted by Gasteiger charge is 2.15. The number of anilines is 1. The molecule has 1 N–H and O–H groups in total. The second kappa shape index (κ2) is 7.03. The maximum absolute atomic E-state index is 6.21. The normalized spacial score (nSPS) is 10.8. The van der Waals surface area contributed by atoms with Crippen molar-refractivity contribution in [2.24, 2.45) is 0 Å². The number of hydrogen-bond acceptors (Lipinski definition) is 7. The van der Waals surface area contributed by atoms with Crippen LogP contribution in [0.15, 0.2) is 24.9 Å². The van der Waals surface area contributed by atoms with E-state index in [-0.39, 0.29) is 12.4 Å². The van der Waals surface area contributed by atoms with Crippen molar-refractivity contribution >= 4 is 61.6 Å². The summed E-state index contributed by atoms with van der Waals surface area (Å²) < 4.78 is 0.971. The molecule has 0 spiro atoms. The Morgan fingerprint density at radius 2 is 1.80 bits per heavy atom. The van der Waals surface area contributed by atoms with Crippen molar-refractivity contribution in [1.82, 2.24) is 24.9 Å². The van der Waals surface area contributed by atoms with Gasteiger partial charge < -0.3 is 5.32 Å². The first-order valence-electron chi connectivity index (χ1n) is 7.33. The van der Waals surface area contributed by atoms with Crippen molar-refractivity contribution < 1.29 is 0 Å². The van der Waals surface area contributed by atoms with E-state index in [4.69, 9.17) is 11.6 Å². The number of nitrogens with zero attached hydrogens (tertiary/aromatic N) is 5. The van der Waals surface area contributed by atoms with E-state index in [9.17, 15) is 0 Å². The van der Waals surface area contributed by atoms with Crippen LogP contribution in [0.25, 0.3) is 20.4 Å². The molecular weight excluding hydrogens is 379 g/mol. The van der Waals surface area contributed by atoms with E-state index in [1.165, 1.54) is 0 Å². The molecule has 25 heavy (non-hydrogen) atoms. The lowest BCUT2D eigenvalue weighted by molar-refractivity contribution is 0.989. The van der Waals surface area contributed by atoms with Gasteiger partial charge in [0, 0.05) is 36.1 Å². The Balaban J connectivity index is 0.00000182. The topological polar surface area (TPSA) is 76.5 Å². The molecule has 0 aliphatic heterocycles. The fraction of sp³-hybridized carbons (Fsp3) is 0.188. The van der Waals surface area contributed by atoms with Crippen LogP contribution in [-0.4, -0.2) is 24.9 Å². The molecule has 0 radical (unpaired) electrons. The molecule has 4 rings (SSSR count). The van der Waals surface area contributed by atoms with Crippen molar-refractivity contribution in [2.45, 2.75) is 20.4 Å². The Morgan fingerprint density at radius 3 is 2.56 bits per heavy atom. The summed E-state index contributed by atoms with van der Waals surface area (Å²) in [6.07, 6.45) is 6.86. The van der Waals surface area contributed by atoms with Crippen molar-refractivity contribution in [3.8, 4) is 0 Å². The number of thiophene rings is 1. The summed E-state index contributed by atoms with van der Waals surface area (Å²) in [4.78, 5) is 22.5. The smallest absolute Gasteiger partial charge is 0.147 e. The Morgan fingerprint density at radius 1 is 1.04 bits per heavy atom. The first-order valence-corrected chi connectivity index (χ1v) is 8.52. The molecule has 0 amide bonds. The fourth-order valence-corrected chi connectivity index (χ4v) is 3.75. The molecule has 4 heterocycles. The zero-order chi connectivity index (χ0) is 16.7. The molecule has 4 aromatic heterocycles. The van der Waals surface area contributed by atoms with Crippen LogP contribution < -0.4 is 5.32 Å². The summed E-state index contributed by atoms with van der Waals surface area (Å²) in [6.45, 7) is 4.44. The van der Waals surface area contributed by atoms with Crippen LogP contribution in [0.3, 0.4) is 0 Å². The largest absolute Gasteiger partial charge is 0.365 e. The standard InChI is InChI=1S/C16H13ClN6S.ClH/c1-8-11(17)6-21-16-12(8)13-14(24-16)15(23-7-22-13)20-5-10-3-18-9(2)19-4-10;/h3-4,6-7H,5H2,1-2H3,(H,20,22,23);1H. The van der Waals surface area contributed by atoms with Gasteiger partial charge in [0.15, 0.2) is 0 Å². The number of nitrogens with one attached hydrogen (secondary N) is 1. The third-order valence-corrected chi connectivity index (χ3v) is 5.25. The highest BCUT2D eigenvalue weighted by molar-refractivity contribution is 7.26. The van der Waals surface area contributed by atoms with E-state index in [1.807, 2.05) is 26.2 Å². The quantitative estimate of drug-likeness (QED) is 0.558. The number of fused-ring (bicyclic) bond motifs is 3. The summed E-state index contributed by atoms with van der Waals surface area (Å²) in [5.41, 5.74) is 2.86. The van der Waals surface area contributed by atoms with Crippen LogP contribution in [0.4, 0.5) is 5.82 Å². The van der Waals surface area contributed by atoms with E-state index < -0.39 is 0 Å². The molecule has 128 valence electrons. The highest BCUT2D eigenvalue weighted by Crippen LogP contribution is 2.38. The van der Waals surface area contributed by atoms with Crippen molar-refractivity contribution in [3.63, 3.8) is 0 Å². The maximum atomic E-state index is 6.21. The van der Waals surface area contributed by atoms with Gasteiger partial charge in [-0.15, -0.1) is 23.7 Å². The predicted molar refractivity (Wildman–Crippen MR) is 104 cm³/mol. The van der Waals surface area contributed by atoms with Crippen LogP contribution in [0.1, 0.15) is 17.0 Å². The van der Waals surface area contributed by atoms with Crippen LogP contribution in [0.5, 0.6) is 0 Å². The third-order valence-electron chi connectivity index (χ3n) is 3.78. The van der Waals surface area contributed by atoms with Crippen molar-refractivity contribution in [1.29, 1.82) is 0 Å². The molecule has 0 saturated carbocycles. The molecule has 0 fully saturated rings. The van der Waals surface area contributed by atoms with Gasteiger partial charge in [0.05, 0.1) is 15.2 Å². The van der Waals surface area contributed by atoms with Gasteiger partial charge in [0.2, 0.25) is 0 Å². The van der Waals surface area contributed by atoms with Crippen molar-refractivity contribution in [2.75, 3.05) is 5.32 Å². The summed E-state index contributed by atoms with van der Waals surface area (Å²) in [7, 11) is 0. The molecule has 0 atom stereocenters. The number of rotatable bonds is 3. The lowest BCUT2D eigenvalue weighted by atomic mass is 10.2. The molecule has 0 unspecified atom stereocenters. The molecule has 4 aromatic rings. The monoisotopic (exact) mass is 392 g/mol. The number of aryl methyl sites for hydroxylation is 2. The van der Waals surface area contributed by atoms with E-state index in [0.717, 1.165) is 43.2 Å². The van der Waals surface area contributed by atoms with E-state index in [2.05, 4.69) is 30.2 Å². The fourth-order valence-electron chi connectivity index (χ4n) is 2.48. The average molecular weight is 393 g/mol. The van der Waals surface area contributed by atoms with Crippen molar-refractivity contribution in [3.05, 3.63) is 46.9 Å². The lowest BCUT2D eigenvalue weighted by Crippen LogP contribution is -2.03. The molecule has 0 aromatic carbocycles. The minimum absolute atomic E-state index is 0.